The van der Waals surface area contributed by atoms with E-state index in [9.17, 15) is 13.2 Å². The third-order valence-electron chi connectivity index (χ3n) is 3.25. The largest absolute Gasteiger partial charge is 0.480 e. The molecule has 0 spiro atoms. The van der Waals surface area contributed by atoms with Crippen molar-refractivity contribution in [2.24, 2.45) is 5.14 Å². The van der Waals surface area contributed by atoms with Crippen molar-refractivity contribution >= 4 is 15.9 Å². The first kappa shape index (κ1) is 14.8. The molecule has 1 aromatic rings. The highest BCUT2D eigenvalue weighted by molar-refractivity contribution is 7.89. The second-order valence-electron chi connectivity index (χ2n) is 4.88. The molecule has 6 nitrogen and oxygen atoms in total. The normalized spacial score (nSPS) is 17.4. The first-order valence-electron chi connectivity index (χ1n) is 6.40. The van der Waals surface area contributed by atoms with Gasteiger partial charge in [-0.1, -0.05) is 6.92 Å². The minimum absolute atomic E-state index is 0.0369. The van der Waals surface area contributed by atoms with Crippen LogP contribution < -0.4 is 9.88 Å². The molecule has 0 radical (unpaired) electrons. The van der Waals surface area contributed by atoms with Crippen molar-refractivity contribution < 1.29 is 17.9 Å². The Hall–Kier alpha value is -1.60. The van der Waals surface area contributed by atoms with Crippen LogP contribution in [0.5, 0.6) is 5.75 Å². The quantitative estimate of drug-likeness (QED) is 0.876. The number of amides is 1. The maximum absolute atomic E-state index is 12.1. The van der Waals surface area contributed by atoms with Crippen molar-refractivity contribution in [3.05, 3.63) is 23.8 Å². The fourth-order valence-corrected chi connectivity index (χ4v) is 2.80. The number of primary sulfonamides is 1. The maximum Gasteiger partial charge on any atom is 0.263 e. The van der Waals surface area contributed by atoms with Crippen molar-refractivity contribution in [3.8, 4) is 5.75 Å². The SMILES string of the molecule is CCCN(C)C(=O)C1Cc2cc(S(N)(=O)=O)ccc2O1. The Bertz CT molecular complexity index is 627. The van der Waals surface area contributed by atoms with Gasteiger partial charge in [-0.15, -0.1) is 0 Å². The number of nitrogens with zero attached hydrogens (tertiary/aromatic N) is 1. The minimum Gasteiger partial charge on any atom is -0.480 e. The fourth-order valence-electron chi connectivity index (χ4n) is 2.23. The molecule has 1 heterocycles. The second kappa shape index (κ2) is 5.41. The lowest BCUT2D eigenvalue weighted by Gasteiger charge is -2.19. The second-order valence-corrected chi connectivity index (χ2v) is 6.45. The van der Waals surface area contributed by atoms with Gasteiger partial charge in [-0.3, -0.25) is 4.79 Å². The van der Waals surface area contributed by atoms with Gasteiger partial charge in [-0.25, -0.2) is 13.6 Å². The average molecular weight is 298 g/mol. The summed E-state index contributed by atoms with van der Waals surface area (Å²) in [5, 5.41) is 5.09. The number of benzene rings is 1. The summed E-state index contributed by atoms with van der Waals surface area (Å²) in [6.45, 7) is 2.66. The summed E-state index contributed by atoms with van der Waals surface area (Å²) in [7, 11) is -2.01. The summed E-state index contributed by atoms with van der Waals surface area (Å²) in [6, 6.07) is 4.40. The third kappa shape index (κ3) is 2.94. The standard InChI is InChI=1S/C13H18N2O4S/c1-3-6-15(2)13(16)12-8-9-7-10(20(14,17)18)4-5-11(9)19-12/h4-5,7,12H,3,6,8H2,1-2H3,(H2,14,17,18). The minimum atomic E-state index is -3.74. The van der Waals surface area contributed by atoms with E-state index in [-0.39, 0.29) is 10.8 Å². The molecule has 1 atom stereocenters. The Morgan fingerprint density at radius 1 is 1.50 bits per heavy atom. The van der Waals surface area contributed by atoms with E-state index >= 15 is 0 Å². The van der Waals surface area contributed by atoms with Crippen LogP contribution >= 0.6 is 0 Å². The van der Waals surface area contributed by atoms with Gasteiger partial charge in [0.2, 0.25) is 10.0 Å². The van der Waals surface area contributed by atoms with E-state index in [2.05, 4.69) is 0 Å². The van der Waals surface area contributed by atoms with Gasteiger partial charge in [0, 0.05) is 20.0 Å². The van der Waals surface area contributed by atoms with Gasteiger partial charge < -0.3 is 9.64 Å². The van der Waals surface area contributed by atoms with Crippen LogP contribution in [0.4, 0.5) is 0 Å². The monoisotopic (exact) mass is 298 g/mol. The van der Waals surface area contributed by atoms with E-state index in [0.29, 0.717) is 24.3 Å². The summed E-state index contributed by atoms with van der Waals surface area (Å²) in [6.07, 6.45) is 0.653. The third-order valence-corrected chi connectivity index (χ3v) is 4.16. The molecule has 110 valence electrons. The maximum atomic E-state index is 12.1. The zero-order valence-electron chi connectivity index (χ0n) is 11.5. The lowest BCUT2D eigenvalue weighted by molar-refractivity contribution is -0.136. The molecule has 0 saturated carbocycles. The molecule has 1 unspecified atom stereocenters. The first-order chi connectivity index (χ1) is 9.32. The van der Waals surface area contributed by atoms with Crippen molar-refractivity contribution in [2.75, 3.05) is 13.6 Å². The van der Waals surface area contributed by atoms with Crippen molar-refractivity contribution in [1.29, 1.82) is 0 Å². The van der Waals surface area contributed by atoms with E-state index in [1.165, 1.54) is 12.1 Å². The fraction of sp³-hybridized carbons (Fsp3) is 0.462. The number of ether oxygens (including phenoxy) is 1. The number of likely N-dealkylation sites (N-methyl/N-ethyl adjacent to an activating group) is 1. The van der Waals surface area contributed by atoms with Crippen LogP contribution in [0.2, 0.25) is 0 Å². The molecular formula is C13H18N2O4S. The van der Waals surface area contributed by atoms with Gasteiger partial charge in [0.1, 0.15) is 5.75 Å². The van der Waals surface area contributed by atoms with Gasteiger partial charge in [-0.2, -0.15) is 0 Å². The Kier molecular flexibility index (Phi) is 4.01. The lowest BCUT2D eigenvalue weighted by atomic mass is 10.1. The van der Waals surface area contributed by atoms with E-state index < -0.39 is 16.1 Å². The van der Waals surface area contributed by atoms with Crippen LogP contribution in [-0.2, 0) is 21.2 Å². The van der Waals surface area contributed by atoms with Gasteiger partial charge in [0.15, 0.2) is 6.10 Å². The topological polar surface area (TPSA) is 89.7 Å². The van der Waals surface area contributed by atoms with Crippen LogP contribution in [0.3, 0.4) is 0 Å². The molecule has 20 heavy (non-hydrogen) atoms. The van der Waals surface area contributed by atoms with Crippen LogP contribution in [0.15, 0.2) is 23.1 Å². The van der Waals surface area contributed by atoms with Gasteiger partial charge in [0.05, 0.1) is 4.90 Å². The van der Waals surface area contributed by atoms with Crippen LogP contribution in [0.1, 0.15) is 18.9 Å². The highest BCUT2D eigenvalue weighted by Crippen LogP contribution is 2.31. The molecule has 0 fully saturated rings. The number of sulfonamides is 1. The van der Waals surface area contributed by atoms with E-state index in [1.807, 2.05) is 6.92 Å². The van der Waals surface area contributed by atoms with Crippen molar-refractivity contribution in [1.82, 2.24) is 4.90 Å². The molecule has 1 aliphatic heterocycles. The number of carbonyl (C=O) groups is 1. The van der Waals surface area contributed by atoms with Gasteiger partial charge in [-0.05, 0) is 30.2 Å². The molecular weight excluding hydrogens is 280 g/mol. The predicted octanol–water partition coefficient (Wildman–Crippen LogP) is 0.506. The van der Waals surface area contributed by atoms with Gasteiger partial charge in [0.25, 0.3) is 5.91 Å². The Labute approximate surface area is 118 Å². The molecule has 7 heteroatoms. The molecule has 0 aromatic heterocycles. The molecule has 2 N–H and O–H groups in total. The highest BCUT2D eigenvalue weighted by Gasteiger charge is 2.31. The number of hydrogen-bond acceptors (Lipinski definition) is 4. The lowest BCUT2D eigenvalue weighted by Crippen LogP contribution is -2.39. The zero-order valence-corrected chi connectivity index (χ0v) is 12.3. The molecule has 0 bridgehead atoms. The molecule has 2 rings (SSSR count). The van der Waals surface area contributed by atoms with Crippen molar-refractivity contribution in [3.63, 3.8) is 0 Å². The molecule has 0 saturated heterocycles. The van der Waals surface area contributed by atoms with E-state index in [1.54, 1.807) is 18.0 Å². The number of hydrogen-bond donors (Lipinski definition) is 1. The summed E-state index contributed by atoms with van der Waals surface area (Å²) in [5.74, 6) is 0.445. The molecule has 0 aliphatic carbocycles. The summed E-state index contributed by atoms with van der Waals surface area (Å²) >= 11 is 0. The van der Waals surface area contributed by atoms with E-state index in [0.717, 1.165) is 6.42 Å². The zero-order chi connectivity index (χ0) is 14.9. The van der Waals surface area contributed by atoms with Crippen molar-refractivity contribution in [2.45, 2.75) is 30.8 Å². The first-order valence-corrected chi connectivity index (χ1v) is 7.95. The highest BCUT2D eigenvalue weighted by atomic mass is 32.2. The smallest absolute Gasteiger partial charge is 0.263 e. The molecule has 1 amide bonds. The van der Waals surface area contributed by atoms with E-state index in [4.69, 9.17) is 9.88 Å². The molecule has 1 aliphatic rings. The predicted molar refractivity (Wildman–Crippen MR) is 73.9 cm³/mol. The van der Waals surface area contributed by atoms with Gasteiger partial charge >= 0.3 is 0 Å². The number of rotatable bonds is 4. The van der Waals surface area contributed by atoms with Crippen LogP contribution in [0, 0.1) is 0 Å². The summed E-state index contributed by atoms with van der Waals surface area (Å²) in [5.41, 5.74) is 0.694. The number of nitrogens with two attached hydrogens (primary N) is 1. The molecule has 1 aromatic carbocycles. The van der Waals surface area contributed by atoms with Crippen LogP contribution in [-0.4, -0.2) is 38.9 Å². The Balaban J connectivity index is 2.18. The Morgan fingerprint density at radius 2 is 2.20 bits per heavy atom. The average Bonchev–Trinajstić information content (AvgIpc) is 2.79. The number of carbonyl (C=O) groups excluding carboxylic acids is 1. The van der Waals surface area contributed by atoms with Crippen LogP contribution in [0.25, 0.3) is 0 Å². The summed E-state index contributed by atoms with van der Waals surface area (Å²) < 4.78 is 28.2. The Morgan fingerprint density at radius 3 is 2.80 bits per heavy atom. The summed E-state index contributed by atoms with van der Waals surface area (Å²) in [4.78, 5) is 13.8. The number of fused-ring (bicyclic) bond motifs is 1.